The summed E-state index contributed by atoms with van der Waals surface area (Å²) in [7, 11) is 1.62. The lowest BCUT2D eigenvalue weighted by Gasteiger charge is -2.27. The van der Waals surface area contributed by atoms with Crippen LogP contribution in [0.25, 0.3) is 10.9 Å². The summed E-state index contributed by atoms with van der Waals surface area (Å²) in [6, 6.07) is 8.17. The van der Waals surface area contributed by atoms with E-state index >= 15 is 0 Å². The molecule has 28 heteroatoms. The molecule has 432 valence electrons. The zero-order valence-electron chi connectivity index (χ0n) is 44.7. The maximum Gasteiger partial charge on any atom is 0.243 e. The van der Waals surface area contributed by atoms with Crippen molar-refractivity contribution in [2.45, 2.75) is 126 Å². The van der Waals surface area contributed by atoms with Crippen LogP contribution < -0.4 is 81.4 Å². The number of aromatic amines is 1. The van der Waals surface area contributed by atoms with Crippen LogP contribution in [0.3, 0.4) is 0 Å². The Labute approximate surface area is 458 Å². The Kier molecular flexibility index (Phi) is 28.4. The number of nitrogens with one attached hydrogen (secondary N) is 15. The first-order valence-electron chi connectivity index (χ1n) is 26.0. The summed E-state index contributed by atoms with van der Waals surface area (Å²) in [5.41, 5.74) is 24.3. The Hall–Kier alpha value is -8.82. The lowest BCUT2D eigenvalue weighted by molar-refractivity contribution is -0.135. The molecule has 0 fully saturated rings. The van der Waals surface area contributed by atoms with Gasteiger partial charge in [0.1, 0.15) is 36.5 Å². The standard InChI is InChI=1S/C51H79N19O9/c1-30(72)65-37(18-10-24-62-50(55)56)44(75)69-39(20-21-42(73)60-22-9-17-36(43(52)74)67-47(78)40(59-2)27-32-28-64-35-16-7-6-15-34(32)35)46(77)68-38(19-11-25-63-51(57)58)45(76)70-41(26-31-12-4-3-5-13-31)48(79)66-33(29-71)14-8-23-61-49(53)54/h3-7,12-13,15-16,28-29,33,36-41,59,64H,8-11,14,17-27H2,1-2H3,(H2,52,74)(H,60,73)(H,65,72)(H,66,79)(H,67,78)(H,68,77)(H,69,75)(H,70,76)(H4,53,54,61)(H4,55,56,62)(H4,57,58,63)/t33-,36?,37-,38-,39?,40-,41?/m0/s1. The van der Waals surface area contributed by atoms with Crippen LogP contribution in [0.15, 0.2) is 60.8 Å². The Balaban J connectivity index is 1.82. The maximum absolute atomic E-state index is 14.4. The molecule has 3 unspecified atom stereocenters. The number of likely N-dealkylation sites (N-methyl/N-ethyl adjacent to an activating group) is 1. The van der Waals surface area contributed by atoms with Crippen LogP contribution in [0, 0.1) is 16.2 Å². The van der Waals surface area contributed by atoms with Crippen LogP contribution >= 0.6 is 0 Å². The minimum absolute atomic E-state index is 0.0182. The van der Waals surface area contributed by atoms with E-state index in [0.29, 0.717) is 24.7 Å². The number of hydrogen-bond acceptors (Lipinski definition) is 13. The third kappa shape index (κ3) is 24.8. The molecule has 3 aromatic rings. The van der Waals surface area contributed by atoms with Gasteiger partial charge in [-0.05, 0) is 88.4 Å². The summed E-state index contributed by atoms with van der Waals surface area (Å²) >= 11 is 0. The highest BCUT2D eigenvalue weighted by Crippen LogP contribution is 2.19. The van der Waals surface area contributed by atoms with Gasteiger partial charge in [0, 0.05) is 63.0 Å². The quantitative estimate of drug-likeness (QED) is 0.0116. The highest BCUT2D eigenvalue weighted by Gasteiger charge is 2.32. The lowest BCUT2D eigenvalue weighted by atomic mass is 10.0. The molecule has 3 rings (SSSR count). The zero-order valence-corrected chi connectivity index (χ0v) is 44.7. The number of aldehydes is 1. The van der Waals surface area contributed by atoms with Gasteiger partial charge in [-0.2, -0.15) is 0 Å². The molecule has 23 N–H and O–H groups in total. The Morgan fingerprint density at radius 3 is 1.52 bits per heavy atom. The lowest BCUT2D eigenvalue weighted by Crippen LogP contribution is -2.59. The second-order valence-electron chi connectivity index (χ2n) is 18.7. The van der Waals surface area contributed by atoms with Gasteiger partial charge in [-0.25, -0.2) is 0 Å². The highest BCUT2D eigenvalue weighted by atomic mass is 16.2. The molecule has 0 bridgehead atoms. The van der Waals surface area contributed by atoms with E-state index in [1.165, 1.54) is 6.92 Å². The van der Waals surface area contributed by atoms with E-state index in [1.54, 1.807) is 37.4 Å². The van der Waals surface area contributed by atoms with E-state index in [1.807, 2.05) is 30.5 Å². The summed E-state index contributed by atoms with van der Waals surface area (Å²) in [6.45, 7) is 1.73. The molecule has 0 saturated carbocycles. The zero-order chi connectivity index (χ0) is 58.3. The third-order valence-electron chi connectivity index (χ3n) is 12.4. The van der Waals surface area contributed by atoms with Crippen molar-refractivity contribution < 1.29 is 43.2 Å². The van der Waals surface area contributed by atoms with Gasteiger partial charge in [-0.3, -0.25) is 54.6 Å². The molecule has 7 atom stereocenters. The van der Waals surface area contributed by atoms with Gasteiger partial charge in [0.15, 0.2) is 17.9 Å². The molecule has 0 aliphatic carbocycles. The number of H-pyrrole nitrogens is 1. The van der Waals surface area contributed by atoms with Gasteiger partial charge in [-0.1, -0.05) is 48.5 Å². The normalized spacial score (nSPS) is 13.5. The van der Waals surface area contributed by atoms with Gasteiger partial charge in [0.05, 0.1) is 12.1 Å². The van der Waals surface area contributed by atoms with E-state index in [4.69, 9.17) is 39.2 Å². The van der Waals surface area contributed by atoms with Crippen molar-refractivity contribution in [2.75, 3.05) is 33.2 Å². The minimum atomic E-state index is -1.51. The molecule has 0 radical (unpaired) electrons. The summed E-state index contributed by atoms with van der Waals surface area (Å²) in [4.78, 5) is 123. The Morgan fingerprint density at radius 1 is 0.532 bits per heavy atom. The number of primary amides is 1. The van der Waals surface area contributed by atoms with Gasteiger partial charge in [0.2, 0.25) is 47.3 Å². The van der Waals surface area contributed by atoms with Crippen molar-refractivity contribution in [1.82, 2.24) is 63.5 Å². The molecule has 28 nitrogen and oxygen atoms in total. The second kappa shape index (κ2) is 34.8. The largest absolute Gasteiger partial charge is 0.370 e. The summed E-state index contributed by atoms with van der Waals surface area (Å²) in [6.07, 6.45) is 3.06. The summed E-state index contributed by atoms with van der Waals surface area (Å²) < 4.78 is 0. The van der Waals surface area contributed by atoms with Gasteiger partial charge in [-0.15, -0.1) is 0 Å². The number of amides is 8. The number of carbonyl (C=O) groups is 9. The molecular weight excluding hydrogens is 1020 g/mol. The van der Waals surface area contributed by atoms with Crippen molar-refractivity contribution in [2.24, 2.45) is 22.9 Å². The smallest absolute Gasteiger partial charge is 0.243 e. The first kappa shape index (κ1) is 64.5. The average molecular weight is 1100 g/mol. The first-order valence-corrected chi connectivity index (χ1v) is 26.0. The molecule has 1 aromatic heterocycles. The summed E-state index contributed by atoms with van der Waals surface area (Å²) in [5.74, 6) is -6.59. The van der Waals surface area contributed by atoms with Crippen LogP contribution in [0.2, 0.25) is 0 Å². The fourth-order valence-corrected chi connectivity index (χ4v) is 8.29. The van der Waals surface area contributed by atoms with Crippen LogP contribution in [-0.4, -0.2) is 152 Å². The number of guanidine groups is 3. The van der Waals surface area contributed by atoms with E-state index in [-0.39, 0.29) is 108 Å². The molecule has 1 heterocycles. The predicted octanol–water partition coefficient (Wildman–Crippen LogP) is -3.38. The number of nitrogens with two attached hydrogens (primary N) is 4. The molecular formula is C51H79N19O9. The fourth-order valence-electron chi connectivity index (χ4n) is 8.29. The average Bonchev–Trinajstić information content (AvgIpc) is 3.83. The molecule has 0 aliphatic heterocycles. The van der Waals surface area contributed by atoms with Gasteiger partial charge < -0.3 is 91.2 Å². The highest BCUT2D eigenvalue weighted by molar-refractivity contribution is 5.96. The van der Waals surface area contributed by atoms with Crippen molar-refractivity contribution >= 4 is 82.3 Å². The Morgan fingerprint density at radius 2 is 0.987 bits per heavy atom. The van der Waals surface area contributed by atoms with Crippen LogP contribution in [0.4, 0.5) is 0 Å². The topological polar surface area (TPSA) is 477 Å². The number of hydrogen-bond donors (Lipinski definition) is 19. The number of para-hydroxylation sites is 1. The number of fused-ring (bicyclic) bond motifs is 1. The molecule has 0 saturated heterocycles. The SMILES string of the molecule is CN[C@@H](Cc1c[nH]c2ccccc12)C(=O)NC(CCCNC(=O)CCC(NC(=O)[C@H](CCCNC(=N)N)NC(C)=O)C(=O)N[C@@H](CCCNC(=N)N)C(=O)NC(Cc1ccccc1)C(=O)N[C@H](C=O)CCCNC(=N)N)C(N)=O. The van der Waals surface area contributed by atoms with Gasteiger partial charge >= 0.3 is 0 Å². The van der Waals surface area contributed by atoms with Crippen LogP contribution in [-0.2, 0) is 56.0 Å². The van der Waals surface area contributed by atoms with Crippen molar-refractivity contribution in [3.63, 3.8) is 0 Å². The minimum Gasteiger partial charge on any atom is -0.370 e. The first-order chi connectivity index (χ1) is 37.7. The van der Waals surface area contributed by atoms with Crippen LogP contribution in [0.1, 0.15) is 82.3 Å². The number of rotatable bonds is 37. The predicted molar refractivity (Wildman–Crippen MR) is 296 cm³/mol. The number of aromatic nitrogens is 1. The van der Waals surface area contributed by atoms with Gasteiger partial charge in [0.25, 0.3) is 0 Å². The van der Waals surface area contributed by atoms with Crippen LogP contribution in [0.5, 0.6) is 0 Å². The van der Waals surface area contributed by atoms with E-state index in [2.05, 4.69) is 63.5 Å². The molecule has 0 spiro atoms. The number of benzene rings is 2. The third-order valence-corrected chi connectivity index (χ3v) is 12.4. The molecule has 2 aromatic carbocycles. The Bertz CT molecular complexity index is 2540. The molecule has 8 amide bonds. The number of carbonyl (C=O) groups excluding carboxylic acids is 9. The maximum atomic E-state index is 14.4. The molecule has 0 aliphatic rings. The van der Waals surface area contributed by atoms with E-state index < -0.39 is 89.6 Å². The molecule has 79 heavy (non-hydrogen) atoms. The fraction of sp³-hybridized carbons (Fsp3) is 0.490. The van der Waals surface area contributed by atoms with E-state index in [9.17, 15) is 43.2 Å². The van der Waals surface area contributed by atoms with Crippen molar-refractivity contribution in [1.29, 1.82) is 16.2 Å². The second-order valence-corrected chi connectivity index (χ2v) is 18.7. The van der Waals surface area contributed by atoms with Crippen molar-refractivity contribution in [3.05, 3.63) is 71.9 Å². The monoisotopic (exact) mass is 1100 g/mol. The van der Waals surface area contributed by atoms with E-state index in [0.717, 1.165) is 16.5 Å². The van der Waals surface area contributed by atoms with Crippen molar-refractivity contribution in [3.8, 4) is 0 Å². The summed E-state index contributed by atoms with van der Waals surface area (Å²) in [5, 5.41) is 52.7.